The molecule has 0 N–H and O–H groups in total. The standard InChI is InChI=1S/C24H29N3O2S/c1-16(2)17-9-11-18(12-10-17)20-14-30-23-22(20)24(29)27(15-25-23)13-21(28)26(3)19-7-5-4-6-8-19/h9-12,14-16,19H,4-8,13H2,1-3H3. The van der Waals surface area contributed by atoms with Crippen molar-refractivity contribution in [1.82, 2.24) is 14.5 Å². The van der Waals surface area contributed by atoms with Crippen LogP contribution in [0.4, 0.5) is 0 Å². The minimum atomic E-state index is -0.144. The van der Waals surface area contributed by atoms with Gasteiger partial charge < -0.3 is 4.90 Å². The van der Waals surface area contributed by atoms with Crippen LogP contribution >= 0.6 is 11.3 Å². The second-order valence-electron chi connectivity index (χ2n) is 8.58. The Kier molecular flexibility index (Phi) is 6.04. The maximum atomic E-state index is 13.3. The Labute approximate surface area is 181 Å². The average molecular weight is 424 g/mol. The van der Waals surface area contributed by atoms with E-state index in [0.29, 0.717) is 16.1 Å². The number of amides is 1. The summed E-state index contributed by atoms with van der Waals surface area (Å²) in [6, 6.07) is 8.64. The zero-order valence-electron chi connectivity index (χ0n) is 17.9. The highest BCUT2D eigenvalue weighted by Crippen LogP contribution is 2.31. The van der Waals surface area contributed by atoms with E-state index in [-0.39, 0.29) is 24.1 Å². The van der Waals surface area contributed by atoms with Gasteiger partial charge in [0.2, 0.25) is 5.91 Å². The largest absolute Gasteiger partial charge is 0.341 e. The van der Waals surface area contributed by atoms with Crippen LogP contribution in [0.25, 0.3) is 21.3 Å². The van der Waals surface area contributed by atoms with Crippen LogP contribution in [-0.2, 0) is 11.3 Å². The Morgan fingerprint density at radius 2 is 1.90 bits per heavy atom. The van der Waals surface area contributed by atoms with Gasteiger partial charge >= 0.3 is 0 Å². The van der Waals surface area contributed by atoms with Crippen LogP contribution in [0, 0.1) is 0 Å². The zero-order chi connectivity index (χ0) is 21.3. The van der Waals surface area contributed by atoms with Gasteiger partial charge in [0.15, 0.2) is 0 Å². The van der Waals surface area contributed by atoms with E-state index in [1.54, 1.807) is 0 Å². The van der Waals surface area contributed by atoms with Gasteiger partial charge in [-0.2, -0.15) is 0 Å². The number of hydrogen-bond acceptors (Lipinski definition) is 4. The lowest BCUT2D eigenvalue weighted by atomic mass is 9.94. The monoisotopic (exact) mass is 423 g/mol. The van der Waals surface area contributed by atoms with Crippen LogP contribution in [-0.4, -0.2) is 33.4 Å². The Morgan fingerprint density at radius 1 is 1.20 bits per heavy atom. The SMILES string of the molecule is CC(C)c1ccc(-c2csc3ncn(CC(=O)N(C)C4CCCCC4)c(=O)c23)cc1. The summed E-state index contributed by atoms with van der Waals surface area (Å²) in [7, 11) is 1.86. The quantitative estimate of drug-likeness (QED) is 0.578. The van der Waals surface area contributed by atoms with Gasteiger partial charge in [-0.15, -0.1) is 11.3 Å². The molecule has 30 heavy (non-hydrogen) atoms. The third kappa shape index (κ3) is 4.06. The molecule has 0 atom stereocenters. The Bertz CT molecular complexity index is 1090. The van der Waals surface area contributed by atoms with Crippen LogP contribution in [0.3, 0.4) is 0 Å². The summed E-state index contributed by atoms with van der Waals surface area (Å²) in [6.45, 7) is 4.37. The molecule has 2 heterocycles. The first-order valence-corrected chi connectivity index (χ1v) is 11.7. The van der Waals surface area contributed by atoms with Gasteiger partial charge in [0.25, 0.3) is 5.56 Å². The van der Waals surface area contributed by atoms with Gasteiger partial charge in [-0.1, -0.05) is 57.4 Å². The van der Waals surface area contributed by atoms with Crippen molar-refractivity contribution < 1.29 is 4.79 Å². The summed E-state index contributed by atoms with van der Waals surface area (Å²) < 4.78 is 1.46. The first-order chi connectivity index (χ1) is 14.5. The number of benzene rings is 1. The average Bonchev–Trinajstić information content (AvgIpc) is 3.20. The van der Waals surface area contributed by atoms with Gasteiger partial charge in [0.05, 0.1) is 11.7 Å². The van der Waals surface area contributed by atoms with E-state index in [0.717, 1.165) is 24.0 Å². The maximum absolute atomic E-state index is 13.3. The molecule has 2 aromatic heterocycles. The Balaban J connectivity index is 1.63. The molecule has 3 aromatic rings. The van der Waals surface area contributed by atoms with Crippen molar-refractivity contribution in [3.8, 4) is 11.1 Å². The molecule has 5 nitrogen and oxygen atoms in total. The fourth-order valence-electron chi connectivity index (χ4n) is 4.27. The molecule has 1 aliphatic rings. The van der Waals surface area contributed by atoms with E-state index >= 15 is 0 Å². The van der Waals surface area contributed by atoms with E-state index < -0.39 is 0 Å². The topological polar surface area (TPSA) is 55.2 Å². The highest BCUT2D eigenvalue weighted by atomic mass is 32.1. The van der Waals surface area contributed by atoms with Crippen molar-refractivity contribution in [3.63, 3.8) is 0 Å². The minimum absolute atomic E-state index is 0.0248. The Hall–Kier alpha value is -2.47. The summed E-state index contributed by atoms with van der Waals surface area (Å²) in [5.74, 6) is 0.438. The van der Waals surface area contributed by atoms with Crippen LogP contribution in [0.15, 0.2) is 40.8 Å². The molecule has 6 heteroatoms. The second-order valence-corrected chi connectivity index (χ2v) is 9.44. The fourth-order valence-corrected chi connectivity index (χ4v) is 5.18. The first-order valence-electron chi connectivity index (χ1n) is 10.8. The van der Waals surface area contributed by atoms with Crippen molar-refractivity contribution >= 4 is 27.5 Å². The molecule has 1 amide bonds. The van der Waals surface area contributed by atoms with E-state index in [4.69, 9.17) is 0 Å². The summed E-state index contributed by atoms with van der Waals surface area (Å²) in [5, 5.41) is 2.59. The van der Waals surface area contributed by atoms with Crippen molar-refractivity contribution in [2.45, 2.75) is 64.5 Å². The second kappa shape index (κ2) is 8.72. The summed E-state index contributed by atoms with van der Waals surface area (Å²) >= 11 is 1.47. The zero-order valence-corrected chi connectivity index (χ0v) is 18.7. The Morgan fingerprint density at radius 3 is 2.57 bits per heavy atom. The number of thiophene rings is 1. The lowest BCUT2D eigenvalue weighted by Crippen LogP contribution is -2.41. The van der Waals surface area contributed by atoms with Gasteiger partial charge in [0.1, 0.15) is 11.4 Å². The molecule has 1 saturated carbocycles. The smallest absolute Gasteiger partial charge is 0.263 e. The highest BCUT2D eigenvalue weighted by molar-refractivity contribution is 7.17. The van der Waals surface area contributed by atoms with Crippen molar-refractivity contribution in [1.29, 1.82) is 0 Å². The molecular weight excluding hydrogens is 394 g/mol. The minimum Gasteiger partial charge on any atom is -0.341 e. The molecule has 1 aromatic carbocycles. The normalized spacial score (nSPS) is 15.1. The van der Waals surface area contributed by atoms with Crippen molar-refractivity contribution in [2.75, 3.05) is 7.05 Å². The number of carbonyl (C=O) groups excluding carboxylic acids is 1. The van der Waals surface area contributed by atoms with E-state index in [1.165, 1.54) is 47.1 Å². The first kappa shape index (κ1) is 20.8. The number of carbonyl (C=O) groups is 1. The lowest BCUT2D eigenvalue weighted by molar-refractivity contribution is -0.133. The molecule has 1 fully saturated rings. The third-order valence-electron chi connectivity index (χ3n) is 6.27. The van der Waals surface area contributed by atoms with E-state index in [9.17, 15) is 9.59 Å². The predicted molar refractivity (Wildman–Crippen MR) is 123 cm³/mol. The summed E-state index contributed by atoms with van der Waals surface area (Å²) in [5.41, 5.74) is 3.03. The van der Waals surface area contributed by atoms with Crippen LogP contribution in [0.1, 0.15) is 57.4 Å². The lowest BCUT2D eigenvalue weighted by Gasteiger charge is -2.31. The predicted octanol–water partition coefficient (Wildman–Crippen LogP) is 5.04. The number of rotatable bonds is 5. The molecule has 0 aliphatic heterocycles. The van der Waals surface area contributed by atoms with Gasteiger partial charge in [0, 0.05) is 24.0 Å². The van der Waals surface area contributed by atoms with Gasteiger partial charge in [-0.05, 0) is 29.9 Å². The molecule has 158 valence electrons. The molecule has 0 bridgehead atoms. The van der Waals surface area contributed by atoms with E-state index in [1.807, 2.05) is 17.3 Å². The third-order valence-corrected chi connectivity index (χ3v) is 7.16. The highest BCUT2D eigenvalue weighted by Gasteiger charge is 2.23. The van der Waals surface area contributed by atoms with E-state index in [2.05, 4.69) is 43.1 Å². The molecule has 0 unspecified atom stereocenters. The molecule has 0 radical (unpaired) electrons. The number of fused-ring (bicyclic) bond motifs is 1. The molecule has 0 spiro atoms. The fraction of sp³-hybridized carbons (Fsp3) is 0.458. The van der Waals surface area contributed by atoms with Crippen LogP contribution < -0.4 is 5.56 Å². The van der Waals surface area contributed by atoms with Crippen molar-refractivity contribution in [3.05, 3.63) is 51.9 Å². The van der Waals surface area contributed by atoms with Gasteiger partial charge in [-0.25, -0.2) is 4.98 Å². The summed E-state index contributed by atoms with van der Waals surface area (Å²) in [4.78, 5) is 33.1. The number of aromatic nitrogens is 2. The molecule has 0 saturated heterocycles. The van der Waals surface area contributed by atoms with Gasteiger partial charge in [-0.3, -0.25) is 14.2 Å². The number of hydrogen-bond donors (Lipinski definition) is 0. The molecular formula is C24H29N3O2S. The van der Waals surface area contributed by atoms with Crippen LogP contribution in [0.2, 0.25) is 0 Å². The summed E-state index contributed by atoms with van der Waals surface area (Å²) in [6.07, 6.45) is 7.20. The van der Waals surface area contributed by atoms with Crippen molar-refractivity contribution in [2.24, 2.45) is 0 Å². The number of likely N-dealkylation sites (N-methyl/N-ethyl adjacent to an activating group) is 1. The maximum Gasteiger partial charge on any atom is 0.263 e. The molecule has 1 aliphatic carbocycles. The van der Waals surface area contributed by atoms with Crippen LogP contribution in [0.5, 0.6) is 0 Å². The molecule has 4 rings (SSSR count). The number of nitrogens with zero attached hydrogens (tertiary/aromatic N) is 3.